The lowest BCUT2D eigenvalue weighted by molar-refractivity contribution is 0.250. The minimum atomic E-state index is -0.165. The molecule has 8 heteroatoms. The Kier molecular flexibility index (Phi) is 18.8. The summed E-state index contributed by atoms with van der Waals surface area (Å²) in [5.74, 6) is 0. The molecule has 0 atom stereocenters. The largest absolute Gasteiger partial charge is 0.338 e. The van der Waals surface area contributed by atoms with Crippen LogP contribution in [0.15, 0.2) is 48.5 Å². The van der Waals surface area contributed by atoms with Crippen molar-refractivity contribution in [1.29, 1.82) is 0 Å². The molecule has 0 aliphatic heterocycles. The van der Waals surface area contributed by atoms with Gasteiger partial charge in [0.2, 0.25) is 0 Å². The van der Waals surface area contributed by atoms with E-state index in [9.17, 15) is 9.59 Å². The fourth-order valence-corrected chi connectivity index (χ4v) is 4.90. The Balaban J connectivity index is 1.60. The van der Waals surface area contributed by atoms with E-state index in [0.29, 0.717) is 13.1 Å². The molecule has 0 spiro atoms. The van der Waals surface area contributed by atoms with Crippen molar-refractivity contribution in [2.24, 2.45) is 0 Å². The van der Waals surface area contributed by atoms with Crippen molar-refractivity contribution in [3.63, 3.8) is 0 Å². The maximum absolute atomic E-state index is 12.3. The first-order chi connectivity index (χ1) is 20.9. The van der Waals surface area contributed by atoms with Crippen LogP contribution in [0.3, 0.4) is 0 Å². The molecule has 0 aliphatic rings. The van der Waals surface area contributed by atoms with E-state index in [4.69, 9.17) is 0 Å². The van der Waals surface area contributed by atoms with Crippen molar-refractivity contribution in [3.8, 4) is 0 Å². The van der Waals surface area contributed by atoms with Gasteiger partial charge in [0.15, 0.2) is 0 Å². The van der Waals surface area contributed by atoms with E-state index in [0.717, 1.165) is 80.8 Å². The number of rotatable bonds is 22. The molecule has 0 unspecified atom stereocenters. The normalized spacial score (nSPS) is 11.1. The minimum Gasteiger partial charge on any atom is -0.338 e. The quantitative estimate of drug-likeness (QED) is 0.108. The Morgan fingerprint density at radius 2 is 0.884 bits per heavy atom. The molecule has 2 aromatic rings. The third-order valence-corrected chi connectivity index (χ3v) is 7.62. The zero-order valence-electron chi connectivity index (χ0n) is 27.4. The second-order valence-corrected chi connectivity index (χ2v) is 11.8. The number of hydrogen-bond acceptors (Lipinski definition) is 4. The number of benzene rings is 2. The predicted octanol–water partition coefficient (Wildman–Crippen LogP) is 7.32. The van der Waals surface area contributed by atoms with E-state index in [2.05, 4.69) is 59.0 Å². The smallest absolute Gasteiger partial charge is 0.319 e. The summed E-state index contributed by atoms with van der Waals surface area (Å²) in [4.78, 5) is 29.3. The molecule has 2 aromatic carbocycles. The average molecular weight is 595 g/mol. The molecule has 0 aromatic heterocycles. The molecular weight excluding hydrogens is 536 g/mol. The Labute approximate surface area is 261 Å². The third kappa shape index (κ3) is 17.6. The van der Waals surface area contributed by atoms with E-state index in [-0.39, 0.29) is 12.1 Å². The van der Waals surface area contributed by atoms with Crippen LogP contribution in [0.1, 0.15) is 89.2 Å². The van der Waals surface area contributed by atoms with Crippen LogP contribution in [0.4, 0.5) is 21.0 Å². The number of carbonyl (C=O) groups excluding carboxylic acids is 2. The maximum Gasteiger partial charge on any atom is 0.319 e. The van der Waals surface area contributed by atoms with E-state index < -0.39 is 0 Å². The second kappa shape index (κ2) is 22.4. The van der Waals surface area contributed by atoms with Crippen molar-refractivity contribution in [3.05, 3.63) is 59.7 Å². The van der Waals surface area contributed by atoms with Crippen LogP contribution < -0.4 is 21.3 Å². The van der Waals surface area contributed by atoms with E-state index >= 15 is 0 Å². The van der Waals surface area contributed by atoms with E-state index in [1.807, 2.05) is 48.5 Å². The van der Waals surface area contributed by atoms with Crippen molar-refractivity contribution in [2.75, 3.05) is 64.0 Å². The summed E-state index contributed by atoms with van der Waals surface area (Å²) in [6.45, 7) is 10.2. The SMILES string of the molecule is CCCCCN(C)CCCCNC(=O)Nc1ccc(Cc2ccc(NC(=O)NCCCCN(C)CCCCC)cc2)cc1. The molecule has 0 heterocycles. The van der Waals surface area contributed by atoms with Crippen LogP contribution in [0, 0.1) is 0 Å². The van der Waals surface area contributed by atoms with Crippen LogP contribution in [-0.2, 0) is 6.42 Å². The first kappa shape index (κ1) is 36.1. The predicted molar refractivity (Wildman–Crippen MR) is 182 cm³/mol. The van der Waals surface area contributed by atoms with Gasteiger partial charge in [-0.1, -0.05) is 63.8 Å². The van der Waals surface area contributed by atoms with Crippen LogP contribution in [-0.4, -0.2) is 75.2 Å². The van der Waals surface area contributed by atoms with Gasteiger partial charge >= 0.3 is 12.1 Å². The molecule has 4 amide bonds. The molecule has 240 valence electrons. The van der Waals surface area contributed by atoms with Gasteiger partial charge < -0.3 is 31.1 Å². The van der Waals surface area contributed by atoms with Crippen LogP contribution in [0.25, 0.3) is 0 Å². The van der Waals surface area contributed by atoms with Gasteiger partial charge in [0.05, 0.1) is 0 Å². The van der Waals surface area contributed by atoms with Gasteiger partial charge in [-0.3, -0.25) is 0 Å². The van der Waals surface area contributed by atoms with Gasteiger partial charge in [-0.2, -0.15) is 0 Å². The molecule has 4 N–H and O–H groups in total. The van der Waals surface area contributed by atoms with Crippen molar-refractivity contribution < 1.29 is 9.59 Å². The Hall–Kier alpha value is -3.10. The molecule has 0 aliphatic carbocycles. The highest BCUT2D eigenvalue weighted by Gasteiger charge is 2.05. The van der Waals surface area contributed by atoms with Crippen LogP contribution >= 0.6 is 0 Å². The molecule has 43 heavy (non-hydrogen) atoms. The van der Waals surface area contributed by atoms with Crippen molar-refractivity contribution in [2.45, 2.75) is 84.5 Å². The summed E-state index contributed by atoms with van der Waals surface area (Å²) in [6.07, 6.45) is 12.5. The summed E-state index contributed by atoms with van der Waals surface area (Å²) >= 11 is 0. The molecule has 0 bridgehead atoms. The first-order valence-corrected chi connectivity index (χ1v) is 16.5. The first-order valence-electron chi connectivity index (χ1n) is 16.5. The number of hydrogen-bond donors (Lipinski definition) is 4. The highest BCUT2D eigenvalue weighted by atomic mass is 16.2. The maximum atomic E-state index is 12.3. The molecule has 0 saturated carbocycles. The summed E-state index contributed by atoms with van der Waals surface area (Å²) in [6, 6.07) is 15.5. The van der Waals surface area contributed by atoms with Gasteiger partial charge in [-0.05, 0) is 121 Å². The zero-order valence-corrected chi connectivity index (χ0v) is 27.4. The van der Waals surface area contributed by atoms with Gasteiger partial charge in [0, 0.05) is 24.5 Å². The standard InChI is InChI=1S/C35H58N6O2/c1-5-7-11-25-40(3)27-13-9-23-36-34(42)38-32-19-15-30(16-20-32)29-31-17-21-33(22-18-31)39-35(43)37-24-10-14-28-41(4)26-12-8-6-2/h15-22H,5-14,23-29H2,1-4H3,(H2,36,38,42)(H2,37,39,43). The van der Waals surface area contributed by atoms with E-state index in [1.54, 1.807) is 0 Å². The lowest BCUT2D eigenvalue weighted by Crippen LogP contribution is -2.30. The van der Waals surface area contributed by atoms with Gasteiger partial charge in [-0.15, -0.1) is 0 Å². The number of unbranched alkanes of at least 4 members (excludes halogenated alkanes) is 6. The summed E-state index contributed by atoms with van der Waals surface area (Å²) in [5, 5.41) is 11.7. The number of nitrogens with zero attached hydrogens (tertiary/aromatic N) is 2. The van der Waals surface area contributed by atoms with Gasteiger partial charge in [-0.25, -0.2) is 9.59 Å². The fraction of sp³-hybridized carbons (Fsp3) is 0.600. The highest BCUT2D eigenvalue weighted by Crippen LogP contribution is 2.16. The number of anilines is 2. The summed E-state index contributed by atoms with van der Waals surface area (Å²) < 4.78 is 0. The Bertz CT molecular complexity index is 930. The van der Waals surface area contributed by atoms with Crippen LogP contribution in [0.2, 0.25) is 0 Å². The zero-order chi connectivity index (χ0) is 31.1. The molecule has 0 saturated heterocycles. The lowest BCUT2D eigenvalue weighted by atomic mass is 10.0. The van der Waals surface area contributed by atoms with Gasteiger partial charge in [0.25, 0.3) is 0 Å². The molecule has 8 nitrogen and oxygen atoms in total. The monoisotopic (exact) mass is 594 g/mol. The molecule has 2 rings (SSSR count). The minimum absolute atomic E-state index is 0.165. The second-order valence-electron chi connectivity index (χ2n) is 11.8. The van der Waals surface area contributed by atoms with Crippen LogP contribution in [0.5, 0.6) is 0 Å². The summed E-state index contributed by atoms with van der Waals surface area (Å²) in [7, 11) is 4.34. The molecular formula is C35H58N6O2. The van der Waals surface area contributed by atoms with Crippen molar-refractivity contribution in [1.82, 2.24) is 20.4 Å². The molecule has 0 fully saturated rings. The topological polar surface area (TPSA) is 88.7 Å². The highest BCUT2D eigenvalue weighted by molar-refractivity contribution is 5.89. The third-order valence-electron chi connectivity index (χ3n) is 7.62. The Morgan fingerprint density at radius 1 is 0.535 bits per heavy atom. The van der Waals surface area contributed by atoms with E-state index in [1.165, 1.54) is 38.5 Å². The number of carbonyl (C=O) groups is 2. The van der Waals surface area contributed by atoms with Crippen molar-refractivity contribution >= 4 is 23.4 Å². The lowest BCUT2D eigenvalue weighted by Gasteiger charge is -2.16. The summed E-state index contributed by atoms with van der Waals surface area (Å²) in [5.41, 5.74) is 3.87. The number of amides is 4. The molecule has 0 radical (unpaired) electrons. The average Bonchev–Trinajstić information content (AvgIpc) is 2.99. The number of nitrogens with one attached hydrogen (secondary N) is 4. The number of urea groups is 2. The fourth-order valence-electron chi connectivity index (χ4n) is 4.90. The van der Waals surface area contributed by atoms with Gasteiger partial charge in [0.1, 0.15) is 0 Å². The Morgan fingerprint density at radius 3 is 1.23 bits per heavy atom.